The van der Waals surface area contributed by atoms with Gasteiger partial charge in [-0.2, -0.15) is 0 Å². The molecule has 0 bridgehead atoms. The Hall–Kier alpha value is -5.54. The highest BCUT2D eigenvalue weighted by molar-refractivity contribution is 5.96. The van der Waals surface area contributed by atoms with Crippen LogP contribution in [0.2, 0.25) is 0 Å². The van der Waals surface area contributed by atoms with E-state index in [1.165, 1.54) is 12.4 Å². The molecular formula is C42H52N6O8. The smallest absolute Gasteiger partial charge is 0.417 e. The normalized spacial score (nSPS) is 14.5. The van der Waals surface area contributed by atoms with Crippen LogP contribution in [0.1, 0.15) is 50.2 Å². The lowest BCUT2D eigenvalue weighted by Gasteiger charge is -2.41. The van der Waals surface area contributed by atoms with E-state index in [-0.39, 0.29) is 26.1 Å². The number of carbonyl (C=O) groups excluding carboxylic acids is 4. The van der Waals surface area contributed by atoms with E-state index in [0.717, 1.165) is 9.80 Å². The van der Waals surface area contributed by atoms with Crippen LogP contribution in [0.25, 0.3) is 0 Å². The Morgan fingerprint density at radius 1 is 0.571 bits per heavy atom. The summed E-state index contributed by atoms with van der Waals surface area (Å²) in [6.45, 7) is 6.17. The number of nitrogens with zero attached hydrogens (tertiary/aromatic N) is 4. The third-order valence-electron chi connectivity index (χ3n) is 9.39. The Labute approximate surface area is 327 Å². The minimum atomic E-state index is -2.00. The molecule has 6 N–H and O–H groups in total. The van der Waals surface area contributed by atoms with Crippen LogP contribution in [0, 0.1) is 11.8 Å². The van der Waals surface area contributed by atoms with Gasteiger partial charge in [-0.3, -0.25) is 19.6 Å². The van der Waals surface area contributed by atoms with Crippen molar-refractivity contribution in [3.05, 3.63) is 132 Å². The van der Waals surface area contributed by atoms with Gasteiger partial charge in [-0.25, -0.2) is 19.4 Å². The molecule has 14 nitrogen and oxygen atoms in total. The minimum absolute atomic E-state index is 0.171. The van der Waals surface area contributed by atoms with Crippen molar-refractivity contribution in [2.24, 2.45) is 23.3 Å². The van der Waals surface area contributed by atoms with E-state index < -0.39 is 72.2 Å². The molecule has 0 saturated carbocycles. The van der Waals surface area contributed by atoms with Crippen LogP contribution in [0.15, 0.2) is 109 Å². The van der Waals surface area contributed by atoms with Crippen molar-refractivity contribution in [2.45, 2.75) is 90.1 Å². The SMILES string of the molecule is CC(C)[C@H](N)C(=O)N(C(=O)OCc1ccccn1)[C@@H](Cc1ccccc1)[C@H](O)[C@H](O)[C@H](Cc1ccccc1)N(C(=O)OCc1ccccn1)C(=O)[C@@H](N)C(C)C. The van der Waals surface area contributed by atoms with Crippen LogP contribution >= 0.6 is 0 Å². The maximum absolute atomic E-state index is 14.2. The number of aliphatic hydroxyl groups excluding tert-OH is 2. The summed E-state index contributed by atoms with van der Waals surface area (Å²) in [5, 5.41) is 24.8. The number of carbonyl (C=O) groups is 4. The number of imide groups is 2. The second kappa shape index (κ2) is 20.9. The maximum atomic E-state index is 14.2. The number of amides is 4. The Bertz CT molecular complexity index is 1700. The average Bonchev–Trinajstić information content (AvgIpc) is 3.21. The first-order chi connectivity index (χ1) is 26.8. The van der Waals surface area contributed by atoms with Crippen molar-refractivity contribution in [2.75, 3.05) is 0 Å². The van der Waals surface area contributed by atoms with E-state index in [9.17, 15) is 29.4 Å². The van der Waals surface area contributed by atoms with Gasteiger partial charge in [0, 0.05) is 12.4 Å². The summed E-state index contributed by atoms with van der Waals surface area (Å²) < 4.78 is 11.2. The summed E-state index contributed by atoms with van der Waals surface area (Å²) in [6.07, 6.45) is -3.59. The lowest BCUT2D eigenvalue weighted by Crippen LogP contribution is -2.64. The zero-order valence-corrected chi connectivity index (χ0v) is 32.1. The summed E-state index contributed by atoms with van der Waals surface area (Å²) in [7, 11) is 0. The number of aromatic nitrogens is 2. The fourth-order valence-corrected chi connectivity index (χ4v) is 5.94. The first-order valence-corrected chi connectivity index (χ1v) is 18.5. The second-order valence-corrected chi connectivity index (χ2v) is 14.2. The van der Waals surface area contributed by atoms with Gasteiger partial charge in [-0.15, -0.1) is 0 Å². The number of aliphatic hydroxyl groups is 2. The van der Waals surface area contributed by atoms with Crippen molar-refractivity contribution in [1.29, 1.82) is 0 Å². The monoisotopic (exact) mass is 768 g/mol. The van der Waals surface area contributed by atoms with E-state index in [1.807, 2.05) is 0 Å². The molecule has 0 aliphatic carbocycles. The van der Waals surface area contributed by atoms with Gasteiger partial charge < -0.3 is 31.2 Å². The van der Waals surface area contributed by atoms with Gasteiger partial charge in [-0.1, -0.05) is 100 Å². The van der Waals surface area contributed by atoms with E-state index in [1.54, 1.807) is 125 Å². The quantitative estimate of drug-likeness (QED) is 0.120. The summed E-state index contributed by atoms with van der Waals surface area (Å²) in [5.74, 6) is -2.64. The molecule has 0 saturated heterocycles. The molecule has 0 fully saturated rings. The average molecular weight is 769 g/mol. The molecule has 0 aliphatic heterocycles. The van der Waals surface area contributed by atoms with E-state index >= 15 is 0 Å². The Morgan fingerprint density at radius 3 is 1.21 bits per heavy atom. The fourth-order valence-electron chi connectivity index (χ4n) is 5.94. The van der Waals surface area contributed by atoms with Crippen molar-refractivity contribution in [1.82, 2.24) is 19.8 Å². The third kappa shape index (κ3) is 11.7. The summed E-state index contributed by atoms with van der Waals surface area (Å²) >= 11 is 0. The molecule has 4 amide bonds. The molecule has 0 unspecified atom stereocenters. The maximum Gasteiger partial charge on any atom is 0.417 e. The topological polar surface area (TPSA) is 212 Å². The van der Waals surface area contributed by atoms with Crippen molar-refractivity contribution in [3.8, 4) is 0 Å². The lowest BCUT2D eigenvalue weighted by molar-refractivity contribution is -0.145. The number of nitrogens with two attached hydrogens (primary N) is 2. The molecule has 14 heteroatoms. The van der Waals surface area contributed by atoms with Gasteiger partial charge in [0.25, 0.3) is 0 Å². The number of rotatable bonds is 17. The van der Waals surface area contributed by atoms with Crippen LogP contribution in [0.4, 0.5) is 9.59 Å². The van der Waals surface area contributed by atoms with Gasteiger partial charge >= 0.3 is 12.2 Å². The van der Waals surface area contributed by atoms with Crippen molar-refractivity contribution >= 4 is 24.0 Å². The van der Waals surface area contributed by atoms with E-state index in [0.29, 0.717) is 22.5 Å². The number of hydrogen-bond acceptors (Lipinski definition) is 12. The lowest BCUT2D eigenvalue weighted by atomic mass is 9.88. The van der Waals surface area contributed by atoms with Crippen molar-refractivity contribution < 1.29 is 38.9 Å². The number of ether oxygens (including phenoxy) is 2. The third-order valence-corrected chi connectivity index (χ3v) is 9.39. The molecule has 4 rings (SSSR count). The predicted octanol–water partition coefficient (Wildman–Crippen LogP) is 4.02. The molecule has 298 valence electrons. The van der Waals surface area contributed by atoms with Gasteiger partial charge in [0.2, 0.25) is 11.8 Å². The number of hydrogen-bond donors (Lipinski definition) is 4. The summed E-state index contributed by atoms with van der Waals surface area (Å²) in [6, 6.07) is 22.0. The van der Waals surface area contributed by atoms with Crippen LogP contribution < -0.4 is 11.5 Å². The van der Waals surface area contributed by atoms with Crippen LogP contribution in [0.3, 0.4) is 0 Å². The highest BCUT2D eigenvalue weighted by atomic mass is 16.6. The zero-order valence-electron chi connectivity index (χ0n) is 32.1. The summed E-state index contributed by atoms with van der Waals surface area (Å²) in [4.78, 5) is 66.4. The standard InChI is InChI=1S/C42H52N6O8/c1-27(2)35(43)39(51)47(41(53)55-25-31-19-11-13-21-45-31)33(23-29-15-7-5-8-16-29)37(49)38(50)34(24-30-17-9-6-10-18-30)48(40(52)36(44)28(3)4)42(54)56-26-32-20-12-14-22-46-32/h5-22,27-28,33-38,49-50H,23-26,43-44H2,1-4H3/t33-,34-,35-,36-,37-,38+/m0/s1. The predicted molar refractivity (Wildman–Crippen MR) is 208 cm³/mol. The van der Waals surface area contributed by atoms with Gasteiger partial charge in [0.15, 0.2) is 0 Å². The van der Waals surface area contributed by atoms with Gasteiger partial charge in [-0.05, 0) is 60.1 Å². The molecule has 0 aliphatic rings. The fraction of sp³-hybridized carbons (Fsp3) is 0.381. The largest absolute Gasteiger partial charge is 0.443 e. The van der Waals surface area contributed by atoms with Gasteiger partial charge in [0.1, 0.15) is 25.4 Å². The first-order valence-electron chi connectivity index (χ1n) is 18.5. The molecule has 2 aromatic carbocycles. The van der Waals surface area contributed by atoms with Crippen LogP contribution in [0.5, 0.6) is 0 Å². The number of benzene rings is 2. The Morgan fingerprint density at radius 2 is 0.911 bits per heavy atom. The van der Waals surface area contributed by atoms with E-state index in [2.05, 4.69) is 9.97 Å². The minimum Gasteiger partial charge on any atom is -0.443 e. The molecule has 4 aromatic rings. The second-order valence-electron chi connectivity index (χ2n) is 14.2. The summed E-state index contributed by atoms with van der Waals surface area (Å²) in [5.41, 5.74) is 14.7. The molecule has 2 aromatic heterocycles. The highest BCUT2D eigenvalue weighted by Gasteiger charge is 2.47. The molecule has 0 spiro atoms. The van der Waals surface area contributed by atoms with Gasteiger partial charge in [0.05, 0.1) is 35.6 Å². The Balaban J connectivity index is 1.84. The molecule has 56 heavy (non-hydrogen) atoms. The molecule has 0 radical (unpaired) electrons. The zero-order chi connectivity index (χ0) is 40.8. The first kappa shape index (κ1) is 43.2. The van der Waals surface area contributed by atoms with E-state index in [4.69, 9.17) is 20.9 Å². The molecule has 6 atom stereocenters. The highest BCUT2D eigenvalue weighted by Crippen LogP contribution is 2.26. The molecule has 2 heterocycles. The number of pyridine rings is 2. The Kier molecular flexibility index (Phi) is 16.2. The molecular weight excluding hydrogens is 716 g/mol. The van der Waals surface area contributed by atoms with Crippen molar-refractivity contribution in [3.63, 3.8) is 0 Å². The van der Waals surface area contributed by atoms with Crippen LogP contribution in [-0.4, -0.2) is 90.4 Å². The van der Waals surface area contributed by atoms with Crippen LogP contribution in [-0.2, 0) is 45.1 Å².